The number of rotatable bonds is 11. The van der Waals surface area contributed by atoms with Gasteiger partial charge >= 0.3 is 5.97 Å². The minimum absolute atomic E-state index is 0.117. The number of hydrogen-bond donors (Lipinski definition) is 1. The summed E-state index contributed by atoms with van der Waals surface area (Å²) in [6.07, 6.45) is 5.12. The maximum Gasteiger partial charge on any atom is 0.332 e. The Morgan fingerprint density at radius 3 is 2.55 bits per heavy atom. The van der Waals surface area contributed by atoms with Crippen molar-refractivity contribution in [1.82, 2.24) is 20.1 Å². The number of methoxy groups -OCH3 is 1. The van der Waals surface area contributed by atoms with Crippen LogP contribution >= 0.6 is 0 Å². The number of likely N-dealkylation sites (tertiary alicyclic amines) is 2. The molecule has 6 rings (SSSR count). The molecule has 2 amide bonds. The Morgan fingerprint density at radius 2 is 1.87 bits per heavy atom. The number of esters is 1. The molecule has 1 saturated carbocycles. The average molecular weight is 641 g/mol. The normalized spacial score (nSPS) is 24.7. The first kappa shape index (κ1) is 32.5. The summed E-state index contributed by atoms with van der Waals surface area (Å²) in [7, 11) is 1.62. The molecular weight excluding hydrogens is 596 g/mol. The van der Waals surface area contributed by atoms with Crippen molar-refractivity contribution in [3.63, 3.8) is 0 Å². The van der Waals surface area contributed by atoms with Crippen LogP contribution in [0.4, 0.5) is 0 Å². The SMILES string of the molecule is C=CC1CC1(NC(=O)[C@@H]1C[C@@H](Oc2cc(-c3ccccc3)nc3cc(OC)ccc23)CN1C(=O)C(C)N1CCCCC1)C(=O)OCC. The van der Waals surface area contributed by atoms with Crippen molar-refractivity contribution in [3.8, 4) is 22.8 Å². The summed E-state index contributed by atoms with van der Waals surface area (Å²) in [5, 5.41) is 3.78. The summed E-state index contributed by atoms with van der Waals surface area (Å²) in [6, 6.07) is 16.2. The van der Waals surface area contributed by atoms with E-state index in [0.29, 0.717) is 23.4 Å². The molecule has 0 bridgehead atoms. The molecule has 248 valence electrons. The van der Waals surface area contributed by atoms with Crippen molar-refractivity contribution in [2.45, 2.75) is 69.7 Å². The van der Waals surface area contributed by atoms with E-state index in [9.17, 15) is 14.4 Å². The number of carbonyl (C=O) groups excluding carboxylic acids is 3. The van der Waals surface area contributed by atoms with Gasteiger partial charge < -0.3 is 24.4 Å². The van der Waals surface area contributed by atoms with Gasteiger partial charge in [-0.3, -0.25) is 14.5 Å². The molecule has 1 N–H and O–H groups in total. The van der Waals surface area contributed by atoms with E-state index in [0.717, 1.165) is 49.0 Å². The Labute approximate surface area is 276 Å². The lowest BCUT2D eigenvalue weighted by molar-refractivity contribution is -0.150. The second-order valence-corrected chi connectivity index (χ2v) is 12.7. The first-order chi connectivity index (χ1) is 22.8. The number of aromatic nitrogens is 1. The van der Waals surface area contributed by atoms with Gasteiger partial charge in [0.2, 0.25) is 11.8 Å². The third-order valence-electron chi connectivity index (χ3n) is 9.77. The largest absolute Gasteiger partial charge is 0.497 e. The van der Waals surface area contributed by atoms with Gasteiger partial charge in [-0.15, -0.1) is 6.58 Å². The lowest BCUT2D eigenvalue weighted by atomic mass is 10.1. The molecule has 47 heavy (non-hydrogen) atoms. The molecule has 3 unspecified atom stereocenters. The average Bonchev–Trinajstić information content (AvgIpc) is 3.67. The van der Waals surface area contributed by atoms with Crippen molar-refractivity contribution in [3.05, 3.63) is 67.3 Å². The predicted molar refractivity (Wildman–Crippen MR) is 179 cm³/mol. The molecule has 3 heterocycles. The highest BCUT2D eigenvalue weighted by molar-refractivity contribution is 5.96. The van der Waals surface area contributed by atoms with Gasteiger partial charge in [-0.25, -0.2) is 9.78 Å². The number of amides is 2. The number of carbonyl (C=O) groups is 3. The van der Waals surface area contributed by atoms with E-state index in [4.69, 9.17) is 19.2 Å². The summed E-state index contributed by atoms with van der Waals surface area (Å²) in [5.74, 6) is 0.0741. The second kappa shape index (κ2) is 13.7. The highest BCUT2D eigenvalue weighted by Crippen LogP contribution is 2.46. The monoisotopic (exact) mass is 640 g/mol. The predicted octanol–water partition coefficient (Wildman–Crippen LogP) is 4.76. The Morgan fingerprint density at radius 1 is 1.11 bits per heavy atom. The van der Waals surface area contributed by atoms with Gasteiger partial charge in [-0.1, -0.05) is 42.8 Å². The molecule has 2 saturated heterocycles. The molecule has 3 aromatic rings. The zero-order chi connectivity index (χ0) is 33.1. The molecule has 0 spiro atoms. The number of nitrogens with zero attached hydrogens (tertiary/aromatic N) is 3. The lowest BCUT2D eigenvalue weighted by Gasteiger charge is -2.35. The van der Waals surface area contributed by atoms with Crippen LogP contribution in [0.25, 0.3) is 22.2 Å². The van der Waals surface area contributed by atoms with Crippen molar-refractivity contribution >= 4 is 28.7 Å². The first-order valence-corrected chi connectivity index (χ1v) is 16.6. The quantitative estimate of drug-likeness (QED) is 0.236. The number of piperidine rings is 1. The van der Waals surface area contributed by atoms with Gasteiger partial charge in [0.05, 0.1) is 37.5 Å². The lowest BCUT2D eigenvalue weighted by Crippen LogP contribution is -2.56. The molecular formula is C37H44N4O6. The zero-order valence-corrected chi connectivity index (χ0v) is 27.4. The van der Waals surface area contributed by atoms with E-state index < -0.39 is 23.7 Å². The highest BCUT2D eigenvalue weighted by atomic mass is 16.5. The number of hydrogen-bond acceptors (Lipinski definition) is 8. The third kappa shape index (κ3) is 6.56. The molecule has 10 heteroatoms. The fourth-order valence-corrected chi connectivity index (χ4v) is 6.98. The van der Waals surface area contributed by atoms with Crippen LogP contribution in [0.3, 0.4) is 0 Å². The molecule has 0 radical (unpaired) electrons. The van der Waals surface area contributed by atoms with E-state index in [2.05, 4.69) is 16.8 Å². The summed E-state index contributed by atoms with van der Waals surface area (Å²) in [5.41, 5.74) is 1.22. The fourth-order valence-electron chi connectivity index (χ4n) is 6.98. The minimum Gasteiger partial charge on any atom is -0.497 e. The van der Waals surface area contributed by atoms with Crippen molar-refractivity contribution in [1.29, 1.82) is 0 Å². The molecule has 5 atom stereocenters. The van der Waals surface area contributed by atoms with Crippen LogP contribution in [-0.2, 0) is 19.1 Å². The standard InChI is InChI=1S/C37H44N4O6/c1-5-26-22-37(26,36(44)46-6-2)39-34(42)32-20-28(23-41(32)35(43)24(3)40-17-11-8-12-18-40)47-33-21-30(25-13-9-7-10-14-25)38-31-19-27(45-4)15-16-29(31)33/h5,7,9-10,13-16,19,21,24,26,28,32H,1,6,8,11-12,17-18,20,22-23H2,2-4H3,(H,39,42)/t24?,26?,28-,32+,37?/m1/s1. The summed E-state index contributed by atoms with van der Waals surface area (Å²) in [6.45, 7) is 9.63. The van der Waals surface area contributed by atoms with Crippen LogP contribution in [-0.4, -0.2) is 89.6 Å². The third-order valence-corrected chi connectivity index (χ3v) is 9.77. The summed E-state index contributed by atoms with van der Waals surface area (Å²) >= 11 is 0. The molecule has 2 aliphatic heterocycles. The summed E-state index contributed by atoms with van der Waals surface area (Å²) < 4.78 is 17.5. The van der Waals surface area contributed by atoms with Crippen molar-refractivity contribution in [2.24, 2.45) is 5.92 Å². The molecule has 10 nitrogen and oxygen atoms in total. The van der Waals surface area contributed by atoms with Gasteiger partial charge in [0, 0.05) is 35.4 Å². The van der Waals surface area contributed by atoms with E-state index in [-0.39, 0.29) is 43.3 Å². The Balaban J connectivity index is 1.31. The van der Waals surface area contributed by atoms with Gasteiger partial charge in [0.1, 0.15) is 29.2 Å². The fraction of sp³-hybridized carbons (Fsp3) is 0.459. The van der Waals surface area contributed by atoms with Crippen molar-refractivity contribution in [2.75, 3.05) is 33.4 Å². The smallest absolute Gasteiger partial charge is 0.332 e. The van der Waals surface area contributed by atoms with E-state index in [1.165, 1.54) is 0 Å². The number of pyridine rings is 1. The van der Waals surface area contributed by atoms with Crippen LogP contribution in [0.2, 0.25) is 0 Å². The van der Waals surface area contributed by atoms with Crippen molar-refractivity contribution < 1.29 is 28.6 Å². The number of nitrogens with one attached hydrogen (secondary N) is 1. The summed E-state index contributed by atoms with van der Waals surface area (Å²) in [4.78, 5) is 49.9. The van der Waals surface area contributed by atoms with Crippen LogP contribution in [0, 0.1) is 5.92 Å². The number of benzene rings is 2. The van der Waals surface area contributed by atoms with Gasteiger partial charge in [-0.2, -0.15) is 0 Å². The van der Waals surface area contributed by atoms with Gasteiger partial charge in [0.15, 0.2) is 0 Å². The van der Waals surface area contributed by atoms with Crippen LogP contribution in [0.15, 0.2) is 67.3 Å². The molecule has 3 fully saturated rings. The maximum atomic E-state index is 14.1. The first-order valence-electron chi connectivity index (χ1n) is 16.6. The Bertz CT molecular complexity index is 1640. The highest BCUT2D eigenvalue weighted by Gasteiger charge is 2.62. The molecule has 2 aromatic carbocycles. The Kier molecular flexibility index (Phi) is 9.50. The maximum absolute atomic E-state index is 14.1. The number of fused-ring (bicyclic) bond motifs is 1. The topological polar surface area (TPSA) is 110 Å². The van der Waals surface area contributed by atoms with Crippen LogP contribution in [0.5, 0.6) is 11.5 Å². The van der Waals surface area contributed by atoms with Crippen LogP contribution in [0.1, 0.15) is 46.0 Å². The van der Waals surface area contributed by atoms with Crippen LogP contribution < -0.4 is 14.8 Å². The van der Waals surface area contributed by atoms with Gasteiger partial charge in [0.25, 0.3) is 0 Å². The Hall–Kier alpha value is -4.44. The van der Waals surface area contributed by atoms with Gasteiger partial charge in [-0.05, 0) is 58.3 Å². The van der Waals surface area contributed by atoms with E-state index in [1.807, 2.05) is 61.5 Å². The molecule has 3 aliphatic rings. The second-order valence-electron chi connectivity index (χ2n) is 12.7. The molecule has 1 aromatic heterocycles. The minimum atomic E-state index is -1.16. The number of ether oxygens (including phenoxy) is 3. The van der Waals surface area contributed by atoms with E-state index >= 15 is 0 Å². The zero-order valence-electron chi connectivity index (χ0n) is 27.4. The molecule has 1 aliphatic carbocycles. The van der Waals surface area contributed by atoms with E-state index in [1.54, 1.807) is 25.0 Å².